The molecule has 1 spiro atoms. The lowest BCUT2D eigenvalue weighted by molar-refractivity contribution is -0.394. The third-order valence-electron chi connectivity index (χ3n) is 17.7. The molecule has 5 saturated heterocycles. The first-order chi connectivity index (χ1) is 29.4. The van der Waals surface area contributed by atoms with Gasteiger partial charge in [-0.05, 0) is 98.7 Å². The van der Waals surface area contributed by atoms with E-state index in [0.717, 1.165) is 51.6 Å². The predicted molar refractivity (Wildman–Crippen MR) is 214 cm³/mol. The lowest BCUT2D eigenvalue weighted by Gasteiger charge is -2.59. The summed E-state index contributed by atoms with van der Waals surface area (Å²) in [6.45, 7) is 10.4. The summed E-state index contributed by atoms with van der Waals surface area (Å²) in [5, 5.41) is 95.8. The van der Waals surface area contributed by atoms with Crippen LogP contribution in [0.15, 0.2) is 11.6 Å². The Morgan fingerprint density at radius 3 is 2.03 bits per heavy atom. The molecule has 0 aromatic rings. The summed E-state index contributed by atoms with van der Waals surface area (Å²) in [5.74, 6) is 2.51. The van der Waals surface area contributed by atoms with Crippen LogP contribution in [-0.2, 0) is 37.9 Å². The number of hydrogen-bond donors (Lipinski definition) is 9. The van der Waals surface area contributed by atoms with Crippen molar-refractivity contribution in [2.24, 2.45) is 46.3 Å². The molecule has 9 N–H and O–H groups in total. The Morgan fingerprint density at radius 2 is 1.34 bits per heavy atom. The van der Waals surface area contributed by atoms with Crippen LogP contribution in [0.4, 0.5) is 0 Å². The Morgan fingerprint density at radius 1 is 0.677 bits per heavy atom. The molecule has 17 nitrogen and oxygen atoms in total. The third kappa shape index (κ3) is 7.49. The van der Waals surface area contributed by atoms with E-state index in [9.17, 15) is 46.0 Å². The number of fused-ring (bicyclic) bond motifs is 7. The van der Waals surface area contributed by atoms with Crippen LogP contribution in [0.3, 0.4) is 0 Å². The summed E-state index contributed by atoms with van der Waals surface area (Å²) >= 11 is 0. The van der Waals surface area contributed by atoms with Crippen molar-refractivity contribution in [3.63, 3.8) is 0 Å². The van der Waals surface area contributed by atoms with E-state index in [1.165, 1.54) is 12.5 Å². The fourth-order valence-electron chi connectivity index (χ4n) is 14.0. The van der Waals surface area contributed by atoms with Crippen molar-refractivity contribution in [1.82, 2.24) is 0 Å². The minimum atomic E-state index is -1.83. The van der Waals surface area contributed by atoms with E-state index >= 15 is 0 Å². The zero-order valence-electron chi connectivity index (χ0n) is 36.6. The maximum Gasteiger partial charge on any atom is 0.187 e. The van der Waals surface area contributed by atoms with Crippen LogP contribution in [0.2, 0.25) is 0 Å². The number of ether oxygens (including phenoxy) is 8. The highest BCUT2D eigenvalue weighted by molar-refractivity contribution is 5.26. The molecular formula is C45H72O17. The van der Waals surface area contributed by atoms with Gasteiger partial charge in [0, 0.05) is 12.3 Å². The summed E-state index contributed by atoms with van der Waals surface area (Å²) in [6, 6.07) is 0. The number of allylic oxidation sites excluding steroid dienone is 1. The Kier molecular flexibility index (Phi) is 12.9. The fourth-order valence-corrected chi connectivity index (χ4v) is 14.0. The summed E-state index contributed by atoms with van der Waals surface area (Å²) in [7, 11) is 0. The molecule has 9 aliphatic rings. The first-order valence-electron chi connectivity index (χ1n) is 23.4. The highest BCUT2D eigenvalue weighted by atomic mass is 16.8. The predicted octanol–water partition coefficient (Wildman–Crippen LogP) is 0.214. The summed E-state index contributed by atoms with van der Waals surface area (Å²) in [4.78, 5) is 0. The minimum Gasteiger partial charge on any atom is -0.394 e. The molecule has 0 radical (unpaired) electrons. The minimum absolute atomic E-state index is 0.0518. The van der Waals surface area contributed by atoms with Crippen molar-refractivity contribution in [2.45, 2.75) is 203 Å². The molecule has 0 aromatic heterocycles. The molecule has 0 bridgehead atoms. The Bertz CT molecular complexity index is 1610. The van der Waals surface area contributed by atoms with E-state index in [1.54, 1.807) is 0 Å². The molecule has 0 aromatic carbocycles. The van der Waals surface area contributed by atoms with Crippen molar-refractivity contribution in [1.29, 1.82) is 0 Å². The van der Waals surface area contributed by atoms with Crippen molar-refractivity contribution in [2.75, 3.05) is 19.8 Å². The van der Waals surface area contributed by atoms with E-state index in [-0.39, 0.29) is 16.9 Å². The number of rotatable bonds is 8. The molecule has 2 unspecified atom stereocenters. The van der Waals surface area contributed by atoms with Crippen LogP contribution in [0.25, 0.3) is 0 Å². The lowest BCUT2D eigenvalue weighted by atomic mass is 9.47. The van der Waals surface area contributed by atoms with E-state index in [1.807, 2.05) is 0 Å². The molecule has 9 rings (SSSR count). The zero-order valence-corrected chi connectivity index (χ0v) is 36.6. The Balaban J connectivity index is 0.941. The van der Waals surface area contributed by atoms with E-state index in [2.05, 4.69) is 33.8 Å². The standard InChI is InChI=1S/C45H72O17/c1-19-8-13-45(55-18-19)20(2)30-27(62-45)15-26-24-7-6-22-14-23(9-11-43(22,4)25(24)10-12-44(26,30)5)57-42-39(61-41-37(54)35(52)32(49)28(16-46)58-41)38(33(50)29(17-47)59-42)60-40-36(53)34(51)31(48)21(3)56-40/h6,19-21,23-42,46-54H,7-18H2,1-5H3/t19-,20+,21+,23+,24-,25?,26?,27+,28-,29-,30+,31+,32-,33-,34-,35+,36-,37-,38+,39-,40+,41+,42-,43+,44+,45-/m1/s1. The van der Waals surface area contributed by atoms with Crippen molar-refractivity contribution in [3.8, 4) is 0 Å². The second-order valence-electron chi connectivity index (χ2n) is 21.1. The molecule has 26 atom stereocenters. The van der Waals surface area contributed by atoms with Crippen LogP contribution >= 0.6 is 0 Å². The van der Waals surface area contributed by atoms with Gasteiger partial charge < -0.3 is 83.9 Å². The average Bonchev–Trinajstić information content (AvgIpc) is 3.70. The first kappa shape index (κ1) is 46.2. The largest absolute Gasteiger partial charge is 0.394 e. The molecule has 354 valence electrons. The summed E-state index contributed by atoms with van der Waals surface area (Å²) < 4.78 is 50.3. The molecular weight excluding hydrogens is 812 g/mol. The molecule has 3 saturated carbocycles. The number of aliphatic hydroxyl groups excluding tert-OH is 9. The SMILES string of the molecule is C[C@@H]1CC[C@@]2(OC1)O[C@H]1CC3[C@@H]4CC=C5C[C@@H](O[C@@H]6O[C@H](CO)[C@@H](O)[C@H](O[C@@H]7O[C@@H](C)[C@H](O)[C@@H](O)[C@H]7O)[C@H]6O[C@@H]6O[C@H](CO)[C@@H](O)[C@H](O)[C@H]6O)CC[C@]5(C)C4CC[C@]3(C)[C@H]1[C@@H]2C. The van der Waals surface area contributed by atoms with E-state index < -0.39 is 117 Å². The zero-order chi connectivity index (χ0) is 44.2. The second-order valence-corrected chi connectivity index (χ2v) is 21.1. The normalized spacial score (nSPS) is 57.6. The van der Waals surface area contributed by atoms with E-state index in [4.69, 9.17) is 37.9 Å². The molecule has 5 heterocycles. The van der Waals surface area contributed by atoms with Crippen LogP contribution in [-0.4, -0.2) is 176 Å². The maximum atomic E-state index is 11.6. The van der Waals surface area contributed by atoms with Gasteiger partial charge in [-0.15, -0.1) is 0 Å². The van der Waals surface area contributed by atoms with Crippen LogP contribution in [0.1, 0.15) is 92.4 Å². The monoisotopic (exact) mass is 884 g/mol. The third-order valence-corrected chi connectivity index (χ3v) is 17.7. The van der Waals surface area contributed by atoms with Gasteiger partial charge in [-0.25, -0.2) is 0 Å². The van der Waals surface area contributed by atoms with Gasteiger partial charge in [0.2, 0.25) is 0 Å². The number of hydrogen-bond acceptors (Lipinski definition) is 17. The average molecular weight is 885 g/mol. The van der Waals surface area contributed by atoms with Gasteiger partial charge in [0.15, 0.2) is 24.7 Å². The quantitative estimate of drug-likeness (QED) is 0.148. The molecule has 17 heteroatoms. The van der Waals surface area contributed by atoms with Crippen molar-refractivity contribution >= 4 is 0 Å². The van der Waals surface area contributed by atoms with Crippen LogP contribution in [0.5, 0.6) is 0 Å². The highest BCUT2D eigenvalue weighted by Crippen LogP contribution is 2.70. The van der Waals surface area contributed by atoms with Gasteiger partial charge in [0.25, 0.3) is 0 Å². The number of aliphatic hydroxyl groups is 9. The van der Waals surface area contributed by atoms with Gasteiger partial charge in [-0.1, -0.05) is 39.3 Å². The smallest absolute Gasteiger partial charge is 0.187 e. The lowest BCUT2D eigenvalue weighted by Crippen LogP contribution is -2.67. The maximum absolute atomic E-state index is 11.6. The molecule has 0 amide bonds. The Hall–Kier alpha value is -0.940. The van der Waals surface area contributed by atoms with Crippen molar-refractivity contribution in [3.05, 3.63) is 11.6 Å². The second kappa shape index (κ2) is 17.3. The van der Waals surface area contributed by atoms with Gasteiger partial charge >= 0.3 is 0 Å². The van der Waals surface area contributed by atoms with E-state index in [0.29, 0.717) is 48.3 Å². The molecule has 62 heavy (non-hydrogen) atoms. The van der Waals surface area contributed by atoms with Gasteiger partial charge in [0.1, 0.15) is 67.1 Å². The molecule has 4 aliphatic carbocycles. The van der Waals surface area contributed by atoms with Gasteiger partial charge in [-0.3, -0.25) is 0 Å². The summed E-state index contributed by atoms with van der Waals surface area (Å²) in [5.41, 5.74) is 1.45. The fraction of sp³-hybridized carbons (Fsp3) is 0.956. The molecule has 8 fully saturated rings. The summed E-state index contributed by atoms with van der Waals surface area (Å²) in [6.07, 6.45) is -12.4. The van der Waals surface area contributed by atoms with Gasteiger partial charge in [-0.2, -0.15) is 0 Å². The molecule has 5 aliphatic heterocycles. The van der Waals surface area contributed by atoms with Crippen molar-refractivity contribution < 1.29 is 83.9 Å². The first-order valence-corrected chi connectivity index (χ1v) is 23.4. The van der Waals surface area contributed by atoms with Gasteiger partial charge in [0.05, 0.1) is 38.1 Å². The highest BCUT2D eigenvalue weighted by Gasteiger charge is 2.69. The topological polar surface area (TPSA) is 256 Å². The van der Waals surface area contributed by atoms with Crippen LogP contribution < -0.4 is 0 Å². The van der Waals surface area contributed by atoms with Crippen LogP contribution in [0, 0.1) is 46.3 Å². The Labute approximate surface area is 363 Å².